The van der Waals surface area contributed by atoms with Crippen LogP contribution in [0.5, 0.6) is 0 Å². The highest BCUT2D eigenvalue weighted by Gasteiger charge is 2.34. The number of benzene rings is 1. The van der Waals surface area contributed by atoms with E-state index in [0.717, 1.165) is 31.2 Å². The van der Waals surface area contributed by atoms with Gasteiger partial charge in [-0.3, -0.25) is 10.1 Å². The smallest absolute Gasteiger partial charge is 0.257 e. The lowest BCUT2D eigenvalue weighted by Gasteiger charge is -2.36. The Labute approximate surface area is 180 Å². The van der Waals surface area contributed by atoms with Crippen LogP contribution >= 0.6 is 23.6 Å². The van der Waals surface area contributed by atoms with Gasteiger partial charge in [0.15, 0.2) is 5.11 Å². The minimum Gasteiger partial charge on any atom is -0.323 e. The maximum atomic E-state index is 13.0. The van der Waals surface area contributed by atoms with Gasteiger partial charge >= 0.3 is 0 Å². The Morgan fingerprint density at radius 2 is 2.07 bits per heavy atom. The first kappa shape index (κ1) is 21.4. The Hall–Kier alpha value is -2.30. The zero-order valence-corrected chi connectivity index (χ0v) is 18.4. The van der Waals surface area contributed by atoms with Crippen molar-refractivity contribution in [1.82, 2.24) is 5.32 Å². The van der Waals surface area contributed by atoms with Crippen molar-refractivity contribution in [2.75, 3.05) is 5.32 Å². The summed E-state index contributed by atoms with van der Waals surface area (Å²) in [5.41, 5.74) is 2.30. The van der Waals surface area contributed by atoms with Gasteiger partial charge in [-0.25, -0.2) is 4.39 Å². The highest BCUT2D eigenvalue weighted by molar-refractivity contribution is 7.80. The topological polar surface area (TPSA) is 64.9 Å². The molecule has 0 saturated carbocycles. The first-order valence-corrected chi connectivity index (χ1v) is 10.9. The highest BCUT2D eigenvalue weighted by atomic mass is 32.1. The summed E-state index contributed by atoms with van der Waals surface area (Å²) >= 11 is 6.82. The summed E-state index contributed by atoms with van der Waals surface area (Å²) in [5, 5.41) is 16.1. The molecule has 0 radical (unpaired) electrons. The van der Waals surface area contributed by atoms with E-state index in [2.05, 4.69) is 37.5 Å². The molecule has 1 aliphatic carbocycles. The number of thiocarbonyl (C=S) groups is 1. The van der Waals surface area contributed by atoms with Crippen LogP contribution in [-0.2, 0) is 12.8 Å². The molecule has 1 aliphatic rings. The predicted octanol–water partition coefficient (Wildman–Crippen LogP) is 5.43. The summed E-state index contributed by atoms with van der Waals surface area (Å²) in [5.74, 6) is -0.245. The molecule has 1 heterocycles. The fourth-order valence-corrected chi connectivity index (χ4v) is 5.20. The van der Waals surface area contributed by atoms with Crippen molar-refractivity contribution in [2.45, 2.75) is 46.5 Å². The number of carbonyl (C=O) groups is 1. The molecule has 0 saturated heterocycles. The number of amides is 1. The lowest BCUT2D eigenvalue weighted by atomic mass is 9.69. The Balaban J connectivity index is 1.73. The normalized spacial score (nSPS) is 15.9. The number of rotatable bonds is 4. The van der Waals surface area contributed by atoms with E-state index in [9.17, 15) is 14.4 Å². The summed E-state index contributed by atoms with van der Waals surface area (Å²) in [7, 11) is 0. The molecule has 1 atom stereocenters. The number of hydrogen-bond donors (Lipinski definition) is 2. The minimum atomic E-state index is -0.424. The van der Waals surface area contributed by atoms with E-state index >= 15 is 0 Å². The first-order chi connectivity index (χ1) is 13.7. The molecule has 1 aromatic carbocycles. The monoisotopic (exact) mass is 429 g/mol. The average molecular weight is 430 g/mol. The van der Waals surface area contributed by atoms with Gasteiger partial charge in [-0.1, -0.05) is 27.2 Å². The zero-order valence-electron chi connectivity index (χ0n) is 16.8. The van der Waals surface area contributed by atoms with Crippen LogP contribution in [0.4, 0.5) is 9.39 Å². The molecule has 152 valence electrons. The molecule has 0 spiro atoms. The predicted molar refractivity (Wildman–Crippen MR) is 119 cm³/mol. The van der Waals surface area contributed by atoms with Crippen LogP contribution in [-0.4, -0.2) is 11.0 Å². The number of thiophene rings is 1. The van der Waals surface area contributed by atoms with E-state index in [-0.39, 0.29) is 10.5 Å². The lowest BCUT2D eigenvalue weighted by Crippen LogP contribution is -2.34. The minimum absolute atomic E-state index is 0.125. The summed E-state index contributed by atoms with van der Waals surface area (Å²) in [6.45, 7) is 6.83. The standard InChI is InChI=1S/C22H24FN3OS2/c1-4-22(2,3)14-7-10-16-17(12-24)20(29-18(16)11-14)26-21(28)25-19(27)13-5-8-15(23)9-6-13/h5-6,8-9,14H,4,7,10-11H2,1-3H3,(H2,25,26,27,28). The van der Waals surface area contributed by atoms with Crippen molar-refractivity contribution in [2.24, 2.45) is 11.3 Å². The fourth-order valence-electron chi connectivity index (χ4n) is 3.66. The van der Waals surface area contributed by atoms with Crippen LogP contribution < -0.4 is 10.6 Å². The maximum Gasteiger partial charge on any atom is 0.257 e. The van der Waals surface area contributed by atoms with E-state index in [1.807, 2.05) is 0 Å². The SMILES string of the molecule is CCC(C)(C)C1CCc2c(sc(NC(=S)NC(=O)c3ccc(F)cc3)c2C#N)C1. The average Bonchev–Trinajstić information content (AvgIpc) is 3.04. The molecule has 3 rings (SSSR count). The van der Waals surface area contributed by atoms with Crippen molar-refractivity contribution >= 4 is 39.6 Å². The third-order valence-electron chi connectivity index (χ3n) is 5.95. The second-order valence-corrected chi connectivity index (χ2v) is 9.53. The number of halogens is 1. The summed E-state index contributed by atoms with van der Waals surface area (Å²) in [6.07, 6.45) is 4.05. The van der Waals surface area contributed by atoms with Gasteiger partial charge in [0.05, 0.1) is 5.56 Å². The summed E-state index contributed by atoms with van der Waals surface area (Å²) in [4.78, 5) is 13.5. The lowest BCUT2D eigenvalue weighted by molar-refractivity contribution is 0.0977. The second-order valence-electron chi connectivity index (χ2n) is 8.02. The maximum absolute atomic E-state index is 13.0. The van der Waals surface area contributed by atoms with E-state index < -0.39 is 11.7 Å². The van der Waals surface area contributed by atoms with Crippen LogP contribution in [0.1, 0.15) is 60.0 Å². The van der Waals surface area contributed by atoms with E-state index in [1.54, 1.807) is 11.3 Å². The number of carbonyl (C=O) groups excluding carboxylic acids is 1. The van der Waals surface area contributed by atoms with Gasteiger partial charge in [0.25, 0.3) is 5.91 Å². The fraction of sp³-hybridized carbons (Fsp3) is 0.409. The van der Waals surface area contributed by atoms with Gasteiger partial charge in [-0.05, 0) is 72.6 Å². The number of anilines is 1. The number of nitrogens with zero attached hydrogens (tertiary/aromatic N) is 1. The zero-order chi connectivity index (χ0) is 21.2. The molecule has 1 aromatic heterocycles. The Morgan fingerprint density at radius 3 is 2.69 bits per heavy atom. The van der Waals surface area contributed by atoms with Crippen molar-refractivity contribution in [3.05, 3.63) is 51.7 Å². The van der Waals surface area contributed by atoms with Gasteiger partial charge < -0.3 is 5.32 Å². The second kappa shape index (κ2) is 8.60. The molecule has 4 nitrogen and oxygen atoms in total. The quantitative estimate of drug-likeness (QED) is 0.637. The molecule has 29 heavy (non-hydrogen) atoms. The van der Waals surface area contributed by atoms with Crippen molar-refractivity contribution in [3.63, 3.8) is 0 Å². The largest absolute Gasteiger partial charge is 0.323 e. The highest BCUT2D eigenvalue weighted by Crippen LogP contribution is 2.45. The van der Waals surface area contributed by atoms with Crippen LogP contribution in [0.2, 0.25) is 0 Å². The van der Waals surface area contributed by atoms with Gasteiger partial charge in [0.1, 0.15) is 16.9 Å². The van der Waals surface area contributed by atoms with Crippen LogP contribution in [0, 0.1) is 28.5 Å². The van der Waals surface area contributed by atoms with Crippen molar-refractivity contribution < 1.29 is 9.18 Å². The summed E-state index contributed by atoms with van der Waals surface area (Å²) in [6, 6.07) is 7.54. The van der Waals surface area contributed by atoms with Gasteiger partial charge in [-0.2, -0.15) is 5.26 Å². The Bertz CT molecular complexity index is 973. The summed E-state index contributed by atoms with van der Waals surface area (Å²) < 4.78 is 13.0. The molecule has 0 fully saturated rings. The third kappa shape index (κ3) is 4.65. The molecular formula is C22H24FN3OS2. The Morgan fingerprint density at radius 1 is 1.38 bits per heavy atom. The van der Waals surface area contributed by atoms with E-state index in [4.69, 9.17) is 12.2 Å². The molecular weight excluding hydrogens is 405 g/mol. The number of fused-ring (bicyclic) bond motifs is 1. The molecule has 0 aliphatic heterocycles. The van der Waals surface area contributed by atoms with Gasteiger partial charge in [0, 0.05) is 10.4 Å². The van der Waals surface area contributed by atoms with Crippen LogP contribution in [0.25, 0.3) is 0 Å². The number of nitriles is 1. The molecule has 0 bridgehead atoms. The molecule has 7 heteroatoms. The van der Waals surface area contributed by atoms with Gasteiger partial charge in [0.2, 0.25) is 0 Å². The third-order valence-corrected chi connectivity index (χ3v) is 7.33. The molecule has 2 N–H and O–H groups in total. The number of hydrogen-bond acceptors (Lipinski definition) is 4. The molecule has 1 unspecified atom stereocenters. The first-order valence-electron chi connectivity index (χ1n) is 9.67. The van der Waals surface area contributed by atoms with Crippen molar-refractivity contribution in [1.29, 1.82) is 5.26 Å². The van der Waals surface area contributed by atoms with Crippen LogP contribution in [0.15, 0.2) is 24.3 Å². The van der Waals surface area contributed by atoms with E-state index in [0.29, 0.717) is 22.0 Å². The molecule has 1 amide bonds. The van der Waals surface area contributed by atoms with Gasteiger partial charge in [-0.15, -0.1) is 11.3 Å². The molecule has 2 aromatic rings. The van der Waals surface area contributed by atoms with Crippen LogP contribution in [0.3, 0.4) is 0 Å². The number of nitrogens with one attached hydrogen (secondary N) is 2. The van der Waals surface area contributed by atoms with E-state index in [1.165, 1.54) is 29.1 Å². The van der Waals surface area contributed by atoms with Crippen molar-refractivity contribution in [3.8, 4) is 6.07 Å². The Kier molecular flexibility index (Phi) is 6.35.